The Hall–Kier alpha value is -2.66. The molecule has 0 saturated heterocycles. The van der Waals surface area contributed by atoms with Gasteiger partial charge in [0.1, 0.15) is 0 Å². The molecule has 26 heavy (non-hydrogen) atoms. The third-order valence-corrected chi connectivity index (χ3v) is 4.25. The maximum atomic E-state index is 12.1. The molecule has 0 radical (unpaired) electrons. The van der Waals surface area contributed by atoms with Crippen molar-refractivity contribution in [2.75, 3.05) is 6.54 Å². The van der Waals surface area contributed by atoms with Gasteiger partial charge in [0.2, 0.25) is 5.91 Å². The first-order valence-corrected chi connectivity index (χ1v) is 8.94. The second-order valence-electron chi connectivity index (χ2n) is 6.47. The Bertz CT molecular complexity index is 714. The van der Waals surface area contributed by atoms with Gasteiger partial charge in [-0.3, -0.25) is 15.4 Å². The van der Waals surface area contributed by atoms with Crippen molar-refractivity contribution in [1.29, 1.82) is 0 Å². The number of aryl methyl sites for hydroxylation is 1. The minimum absolute atomic E-state index is 0.0281. The third-order valence-electron chi connectivity index (χ3n) is 4.25. The van der Waals surface area contributed by atoms with Crippen LogP contribution >= 0.6 is 0 Å². The van der Waals surface area contributed by atoms with Crippen molar-refractivity contribution in [2.24, 2.45) is 0 Å². The molecule has 5 nitrogen and oxygen atoms in total. The molecule has 0 aliphatic rings. The van der Waals surface area contributed by atoms with E-state index >= 15 is 0 Å². The molecule has 138 valence electrons. The number of hydrogen-bond acceptors (Lipinski definition) is 3. The van der Waals surface area contributed by atoms with Crippen LogP contribution in [0.5, 0.6) is 0 Å². The first-order valence-electron chi connectivity index (χ1n) is 8.94. The molecule has 2 aromatic carbocycles. The standard InChI is InChI=1S/C21H27N3O2/c1-4-16(3)23-21(26)24-19(25)14-22-20(17-8-6-5-7-9-17)18-12-10-15(2)11-13-18/h5-13,16,20,22H,4,14H2,1-3H3,(H2,23,24,25,26)/t16-,20-/m1/s1. The lowest BCUT2D eigenvalue weighted by atomic mass is 9.98. The maximum Gasteiger partial charge on any atom is 0.321 e. The number of imide groups is 1. The van der Waals surface area contributed by atoms with Gasteiger partial charge in [-0.1, -0.05) is 67.1 Å². The zero-order chi connectivity index (χ0) is 18.9. The second-order valence-corrected chi connectivity index (χ2v) is 6.47. The number of amides is 3. The molecule has 0 fully saturated rings. The second kappa shape index (κ2) is 9.73. The predicted octanol–water partition coefficient (Wildman–Crippen LogP) is 3.30. The zero-order valence-corrected chi connectivity index (χ0v) is 15.6. The summed E-state index contributed by atoms with van der Waals surface area (Å²) in [6.45, 7) is 5.95. The van der Waals surface area contributed by atoms with E-state index in [1.807, 2.05) is 75.4 Å². The van der Waals surface area contributed by atoms with Crippen LogP contribution in [0.25, 0.3) is 0 Å². The van der Waals surface area contributed by atoms with Crippen LogP contribution in [0, 0.1) is 6.92 Å². The van der Waals surface area contributed by atoms with Crippen LogP contribution in [0.1, 0.15) is 43.0 Å². The summed E-state index contributed by atoms with van der Waals surface area (Å²) in [7, 11) is 0. The number of benzene rings is 2. The van der Waals surface area contributed by atoms with E-state index in [2.05, 4.69) is 16.0 Å². The highest BCUT2D eigenvalue weighted by Gasteiger charge is 2.16. The highest BCUT2D eigenvalue weighted by atomic mass is 16.2. The van der Waals surface area contributed by atoms with Crippen LogP contribution in [-0.2, 0) is 4.79 Å². The predicted molar refractivity (Wildman–Crippen MR) is 104 cm³/mol. The summed E-state index contributed by atoms with van der Waals surface area (Å²) in [5.41, 5.74) is 3.31. The van der Waals surface area contributed by atoms with Crippen molar-refractivity contribution < 1.29 is 9.59 Å². The van der Waals surface area contributed by atoms with E-state index in [9.17, 15) is 9.59 Å². The topological polar surface area (TPSA) is 70.2 Å². The van der Waals surface area contributed by atoms with E-state index < -0.39 is 6.03 Å². The van der Waals surface area contributed by atoms with Crippen molar-refractivity contribution >= 4 is 11.9 Å². The van der Waals surface area contributed by atoms with Crippen molar-refractivity contribution in [2.45, 2.75) is 39.3 Å². The van der Waals surface area contributed by atoms with Gasteiger partial charge in [-0.25, -0.2) is 4.79 Å². The number of nitrogens with one attached hydrogen (secondary N) is 3. The van der Waals surface area contributed by atoms with Crippen molar-refractivity contribution in [1.82, 2.24) is 16.0 Å². The fraction of sp³-hybridized carbons (Fsp3) is 0.333. The lowest BCUT2D eigenvalue weighted by molar-refractivity contribution is -0.119. The smallest absolute Gasteiger partial charge is 0.321 e. The Morgan fingerprint density at radius 2 is 1.58 bits per heavy atom. The van der Waals surface area contributed by atoms with Gasteiger partial charge in [0, 0.05) is 6.04 Å². The Morgan fingerprint density at radius 3 is 2.19 bits per heavy atom. The Labute approximate surface area is 155 Å². The van der Waals surface area contributed by atoms with Gasteiger partial charge in [-0.05, 0) is 31.4 Å². The fourth-order valence-corrected chi connectivity index (χ4v) is 2.56. The molecule has 0 heterocycles. The van der Waals surface area contributed by atoms with Crippen LogP contribution in [-0.4, -0.2) is 24.5 Å². The Morgan fingerprint density at radius 1 is 0.962 bits per heavy atom. The summed E-state index contributed by atoms with van der Waals surface area (Å²) in [5.74, 6) is -0.362. The molecule has 0 spiro atoms. The number of urea groups is 1. The molecule has 5 heteroatoms. The van der Waals surface area contributed by atoms with Crippen LogP contribution in [0.4, 0.5) is 4.79 Å². The van der Waals surface area contributed by atoms with Crippen molar-refractivity contribution in [3.8, 4) is 0 Å². The zero-order valence-electron chi connectivity index (χ0n) is 15.6. The largest absolute Gasteiger partial charge is 0.335 e. The van der Waals surface area contributed by atoms with Gasteiger partial charge in [0.05, 0.1) is 12.6 Å². The number of rotatable bonds is 7. The molecule has 0 aromatic heterocycles. The quantitative estimate of drug-likeness (QED) is 0.715. The molecule has 0 saturated carbocycles. The molecule has 0 aliphatic heterocycles. The average Bonchev–Trinajstić information content (AvgIpc) is 2.64. The summed E-state index contributed by atoms with van der Waals surface area (Å²) >= 11 is 0. The summed E-state index contributed by atoms with van der Waals surface area (Å²) in [6, 6.07) is 17.6. The number of hydrogen-bond donors (Lipinski definition) is 3. The van der Waals surface area contributed by atoms with E-state index in [0.717, 1.165) is 17.5 Å². The van der Waals surface area contributed by atoms with Crippen LogP contribution < -0.4 is 16.0 Å². The molecular weight excluding hydrogens is 326 g/mol. The molecule has 2 aromatic rings. The van der Waals surface area contributed by atoms with Crippen LogP contribution in [0.3, 0.4) is 0 Å². The molecule has 3 amide bonds. The number of carbonyl (C=O) groups excluding carboxylic acids is 2. The SMILES string of the molecule is CC[C@@H](C)NC(=O)NC(=O)CN[C@H](c1ccccc1)c1ccc(C)cc1. The first kappa shape index (κ1) is 19.7. The number of carbonyl (C=O) groups is 2. The van der Waals surface area contributed by atoms with Crippen LogP contribution in [0.15, 0.2) is 54.6 Å². The Balaban J connectivity index is 2.02. The molecule has 2 atom stereocenters. The lowest BCUT2D eigenvalue weighted by Gasteiger charge is -2.20. The highest BCUT2D eigenvalue weighted by molar-refractivity contribution is 5.95. The molecule has 0 bridgehead atoms. The first-order chi connectivity index (χ1) is 12.5. The maximum absolute atomic E-state index is 12.1. The Kier molecular flexibility index (Phi) is 7.36. The monoisotopic (exact) mass is 353 g/mol. The highest BCUT2D eigenvalue weighted by Crippen LogP contribution is 2.22. The third kappa shape index (κ3) is 6.01. The molecule has 2 rings (SSSR count). The van der Waals surface area contributed by atoms with E-state index in [1.165, 1.54) is 5.56 Å². The summed E-state index contributed by atoms with van der Waals surface area (Å²) in [5, 5.41) is 8.33. The van der Waals surface area contributed by atoms with Gasteiger partial charge < -0.3 is 5.32 Å². The molecular formula is C21H27N3O2. The van der Waals surface area contributed by atoms with Gasteiger partial charge in [0.15, 0.2) is 0 Å². The molecule has 3 N–H and O–H groups in total. The molecule has 0 aliphatic carbocycles. The van der Waals surface area contributed by atoms with Gasteiger partial charge in [0.25, 0.3) is 0 Å². The van der Waals surface area contributed by atoms with Gasteiger partial charge >= 0.3 is 6.03 Å². The minimum Gasteiger partial charge on any atom is -0.335 e. The van der Waals surface area contributed by atoms with E-state index in [1.54, 1.807) is 0 Å². The van der Waals surface area contributed by atoms with Gasteiger partial charge in [-0.2, -0.15) is 0 Å². The summed E-state index contributed by atoms with van der Waals surface area (Å²) < 4.78 is 0. The molecule has 0 unspecified atom stereocenters. The normalized spacial score (nSPS) is 12.9. The minimum atomic E-state index is -0.460. The van der Waals surface area contributed by atoms with Crippen LogP contribution in [0.2, 0.25) is 0 Å². The fourth-order valence-electron chi connectivity index (χ4n) is 2.56. The average molecular weight is 353 g/mol. The van der Waals surface area contributed by atoms with E-state index in [-0.39, 0.29) is 24.5 Å². The van der Waals surface area contributed by atoms with E-state index in [4.69, 9.17) is 0 Å². The van der Waals surface area contributed by atoms with Crippen molar-refractivity contribution in [3.63, 3.8) is 0 Å². The van der Waals surface area contributed by atoms with Crippen molar-refractivity contribution in [3.05, 3.63) is 71.3 Å². The van der Waals surface area contributed by atoms with E-state index in [0.29, 0.717) is 0 Å². The van der Waals surface area contributed by atoms with Gasteiger partial charge in [-0.15, -0.1) is 0 Å². The lowest BCUT2D eigenvalue weighted by Crippen LogP contribution is -2.46. The summed E-state index contributed by atoms with van der Waals surface area (Å²) in [6.07, 6.45) is 0.809. The summed E-state index contributed by atoms with van der Waals surface area (Å²) in [4.78, 5) is 23.9.